The first-order valence-electron chi connectivity index (χ1n) is 4.95. The van der Waals surface area contributed by atoms with Crippen LogP contribution >= 0.6 is 0 Å². The first-order valence-corrected chi connectivity index (χ1v) is 4.95. The van der Waals surface area contributed by atoms with Crippen LogP contribution in [0.25, 0.3) is 0 Å². The Hall–Kier alpha value is -1.43. The van der Waals surface area contributed by atoms with E-state index >= 15 is 0 Å². The lowest BCUT2D eigenvalue weighted by Crippen LogP contribution is -2.36. The van der Waals surface area contributed by atoms with Crippen molar-refractivity contribution in [2.75, 3.05) is 6.54 Å². The number of rotatable bonds is 6. The van der Waals surface area contributed by atoms with Gasteiger partial charge in [-0.05, 0) is 19.4 Å². The molecule has 1 rings (SSSR count). The Morgan fingerprint density at radius 3 is 2.73 bits per heavy atom. The Morgan fingerprint density at radius 1 is 1.47 bits per heavy atom. The summed E-state index contributed by atoms with van der Waals surface area (Å²) in [7, 11) is 0. The number of hydrogen-bond donors (Lipinski definition) is 3. The number of nitrogens with one attached hydrogen (secondary N) is 2. The quantitative estimate of drug-likeness (QED) is 0.375. The van der Waals surface area contributed by atoms with Gasteiger partial charge < -0.3 is 11.1 Å². The minimum absolute atomic E-state index is 0.203. The topological polar surface area (TPSA) is 101 Å². The van der Waals surface area contributed by atoms with Crippen molar-refractivity contribution in [1.82, 2.24) is 10.6 Å². The van der Waals surface area contributed by atoms with Gasteiger partial charge in [-0.15, -0.1) is 0 Å². The predicted molar refractivity (Wildman–Crippen MR) is 52.6 cm³/mol. The lowest BCUT2D eigenvalue weighted by molar-refractivity contribution is -0.125. The lowest BCUT2D eigenvalue weighted by Gasteiger charge is -2.07. The molecule has 0 aromatic carbocycles. The summed E-state index contributed by atoms with van der Waals surface area (Å²) in [4.78, 5) is 32.3. The lowest BCUT2D eigenvalue weighted by atomic mass is 10.2. The van der Waals surface area contributed by atoms with Crippen LogP contribution in [0.15, 0.2) is 0 Å². The van der Waals surface area contributed by atoms with Gasteiger partial charge in [-0.2, -0.15) is 0 Å². The molecule has 1 saturated heterocycles. The van der Waals surface area contributed by atoms with E-state index in [0.717, 1.165) is 6.42 Å². The molecule has 0 spiro atoms. The monoisotopic (exact) mass is 213 g/mol. The van der Waals surface area contributed by atoms with E-state index in [9.17, 15) is 14.4 Å². The molecule has 1 atom stereocenters. The molecule has 15 heavy (non-hydrogen) atoms. The van der Waals surface area contributed by atoms with E-state index in [1.165, 1.54) is 0 Å². The third-order valence-corrected chi connectivity index (χ3v) is 2.21. The Balaban J connectivity index is 2.08. The number of carbonyl (C=O) groups is 3. The third kappa shape index (κ3) is 4.07. The molecule has 84 valence electrons. The molecule has 3 amide bonds. The molecule has 6 heteroatoms. The van der Waals surface area contributed by atoms with Gasteiger partial charge in [0.25, 0.3) is 0 Å². The Morgan fingerprint density at radius 2 is 2.20 bits per heavy atom. The number of nitrogens with two attached hydrogens (primary N) is 1. The molecule has 1 aliphatic rings. The maximum absolute atomic E-state index is 11.1. The van der Waals surface area contributed by atoms with Crippen molar-refractivity contribution in [3.63, 3.8) is 0 Å². The van der Waals surface area contributed by atoms with E-state index in [2.05, 4.69) is 10.6 Å². The van der Waals surface area contributed by atoms with Crippen LogP contribution in [0.3, 0.4) is 0 Å². The van der Waals surface area contributed by atoms with E-state index < -0.39 is 6.04 Å². The largest absolute Gasteiger partial charge is 0.370 e. The van der Waals surface area contributed by atoms with Gasteiger partial charge in [-0.25, -0.2) is 0 Å². The summed E-state index contributed by atoms with van der Waals surface area (Å²) in [6, 6.07) is -0.411. The molecule has 0 aliphatic carbocycles. The Kier molecular flexibility index (Phi) is 4.23. The highest BCUT2D eigenvalue weighted by atomic mass is 16.2. The van der Waals surface area contributed by atoms with Crippen molar-refractivity contribution in [3.8, 4) is 0 Å². The van der Waals surface area contributed by atoms with Crippen molar-refractivity contribution < 1.29 is 14.4 Å². The third-order valence-electron chi connectivity index (χ3n) is 2.21. The second kappa shape index (κ2) is 5.45. The molecule has 1 fully saturated rings. The van der Waals surface area contributed by atoms with Crippen LogP contribution in [-0.4, -0.2) is 30.3 Å². The van der Waals surface area contributed by atoms with E-state index in [1.54, 1.807) is 0 Å². The summed E-state index contributed by atoms with van der Waals surface area (Å²) in [5.41, 5.74) is 4.97. The zero-order valence-corrected chi connectivity index (χ0v) is 8.41. The predicted octanol–water partition coefficient (Wildman–Crippen LogP) is -1.35. The van der Waals surface area contributed by atoms with Crippen LogP contribution in [0, 0.1) is 0 Å². The van der Waals surface area contributed by atoms with E-state index in [-0.39, 0.29) is 24.1 Å². The molecule has 1 heterocycles. The number of amides is 3. The number of unbranched alkanes of at least 4 members (excludes halogenated alkanes) is 1. The van der Waals surface area contributed by atoms with Gasteiger partial charge >= 0.3 is 0 Å². The summed E-state index contributed by atoms with van der Waals surface area (Å²) in [6.45, 7) is 0.610. The molecule has 0 saturated carbocycles. The highest BCUT2D eigenvalue weighted by molar-refractivity contribution is 6.05. The second-order valence-corrected chi connectivity index (χ2v) is 3.55. The minimum Gasteiger partial charge on any atom is -0.370 e. The minimum atomic E-state index is -0.411. The number of primary amides is 1. The highest BCUT2D eigenvalue weighted by Crippen LogP contribution is 2.01. The highest BCUT2D eigenvalue weighted by Gasteiger charge is 2.29. The van der Waals surface area contributed by atoms with Crippen LogP contribution in [0.5, 0.6) is 0 Å². The van der Waals surface area contributed by atoms with Crippen molar-refractivity contribution in [3.05, 3.63) is 0 Å². The molecule has 0 radical (unpaired) electrons. The second-order valence-electron chi connectivity index (χ2n) is 3.55. The zero-order valence-electron chi connectivity index (χ0n) is 8.41. The Labute approximate surface area is 87.6 Å². The summed E-state index contributed by atoms with van der Waals surface area (Å²) in [5.74, 6) is -0.826. The fourth-order valence-electron chi connectivity index (χ4n) is 1.42. The molecular formula is C9H15N3O3. The summed E-state index contributed by atoms with van der Waals surface area (Å²) in [5, 5.41) is 5.16. The molecule has 0 aromatic heterocycles. The van der Waals surface area contributed by atoms with Crippen molar-refractivity contribution in [2.45, 2.75) is 31.7 Å². The van der Waals surface area contributed by atoms with Gasteiger partial charge in [0, 0.05) is 6.42 Å². The van der Waals surface area contributed by atoms with Crippen LogP contribution in [0.4, 0.5) is 0 Å². The normalized spacial score (nSPS) is 20.4. The van der Waals surface area contributed by atoms with E-state index in [0.29, 0.717) is 19.4 Å². The van der Waals surface area contributed by atoms with E-state index in [1.807, 2.05) is 0 Å². The average molecular weight is 213 g/mol. The SMILES string of the molecule is NC(=O)CCCCNC1CC(=O)NC1=O. The van der Waals surface area contributed by atoms with Crippen LogP contribution in [0.1, 0.15) is 25.7 Å². The van der Waals surface area contributed by atoms with Crippen molar-refractivity contribution >= 4 is 17.7 Å². The van der Waals surface area contributed by atoms with Crippen LogP contribution in [0.2, 0.25) is 0 Å². The molecule has 6 nitrogen and oxygen atoms in total. The number of carbonyl (C=O) groups excluding carboxylic acids is 3. The van der Waals surface area contributed by atoms with E-state index in [4.69, 9.17) is 5.73 Å². The van der Waals surface area contributed by atoms with Crippen LogP contribution in [-0.2, 0) is 14.4 Å². The Bertz CT molecular complexity index is 278. The zero-order chi connectivity index (χ0) is 11.3. The smallest absolute Gasteiger partial charge is 0.244 e. The van der Waals surface area contributed by atoms with Gasteiger partial charge in [0.15, 0.2) is 0 Å². The maximum Gasteiger partial charge on any atom is 0.244 e. The summed E-state index contributed by atoms with van der Waals surface area (Å²) in [6.07, 6.45) is 2.03. The van der Waals surface area contributed by atoms with Gasteiger partial charge in [0.1, 0.15) is 0 Å². The number of hydrogen-bond acceptors (Lipinski definition) is 4. The fourth-order valence-corrected chi connectivity index (χ4v) is 1.42. The fraction of sp³-hybridized carbons (Fsp3) is 0.667. The molecule has 0 bridgehead atoms. The standard InChI is InChI=1S/C9H15N3O3/c10-7(13)3-1-2-4-11-6-5-8(14)12-9(6)15/h6,11H,1-5H2,(H2,10,13)(H,12,14,15). The van der Waals surface area contributed by atoms with Crippen molar-refractivity contribution in [1.29, 1.82) is 0 Å². The first kappa shape index (κ1) is 11.6. The van der Waals surface area contributed by atoms with Gasteiger partial charge in [0.05, 0.1) is 12.5 Å². The van der Waals surface area contributed by atoms with Gasteiger partial charge in [-0.3, -0.25) is 19.7 Å². The maximum atomic E-state index is 11.1. The molecule has 1 unspecified atom stereocenters. The average Bonchev–Trinajstić information content (AvgIpc) is 2.44. The molecular weight excluding hydrogens is 198 g/mol. The molecule has 0 aromatic rings. The molecule has 4 N–H and O–H groups in total. The first-order chi connectivity index (χ1) is 7.09. The molecule has 1 aliphatic heterocycles. The van der Waals surface area contributed by atoms with Crippen molar-refractivity contribution in [2.24, 2.45) is 5.73 Å². The summed E-state index contributed by atoms with van der Waals surface area (Å²) >= 11 is 0. The van der Waals surface area contributed by atoms with Crippen LogP contribution < -0.4 is 16.4 Å². The summed E-state index contributed by atoms with van der Waals surface area (Å²) < 4.78 is 0. The van der Waals surface area contributed by atoms with Gasteiger partial charge in [0.2, 0.25) is 17.7 Å². The number of imide groups is 1. The van der Waals surface area contributed by atoms with Gasteiger partial charge in [-0.1, -0.05) is 0 Å².